The van der Waals surface area contributed by atoms with Gasteiger partial charge in [-0.2, -0.15) is 8.75 Å². The second-order valence-corrected chi connectivity index (χ2v) is 4.20. The number of hydrogen-bond donors (Lipinski definition) is 1. The van der Waals surface area contributed by atoms with Crippen molar-refractivity contribution < 1.29 is 4.79 Å². The van der Waals surface area contributed by atoms with E-state index in [4.69, 9.17) is 0 Å². The van der Waals surface area contributed by atoms with Gasteiger partial charge in [0.25, 0.3) is 5.91 Å². The van der Waals surface area contributed by atoms with E-state index in [0.29, 0.717) is 11.2 Å². The predicted molar refractivity (Wildman–Crippen MR) is 66.4 cm³/mol. The van der Waals surface area contributed by atoms with Crippen molar-refractivity contribution in [1.82, 2.24) is 23.7 Å². The van der Waals surface area contributed by atoms with Gasteiger partial charge in [0.15, 0.2) is 5.69 Å². The third-order valence-corrected chi connectivity index (χ3v) is 2.91. The standard InChI is InChI=1S/C10H8N6OS/c1-16-5-8(12-15-16)10(17)11-6-3-2-4-7-9(6)14-18-13-7/h2-5H,1H3,(H,11,17). The van der Waals surface area contributed by atoms with Gasteiger partial charge in [0.2, 0.25) is 0 Å². The van der Waals surface area contributed by atoms with E-state index in [0.717, 1.165) is 17.2 Å². The third-order valence-electron chi connectivity index (χ3n) is 2.37. The lowest BCUT2D eigenvalue weighted by Crippen LogP contribution is -2.12. The van der Waals surface area contributed by atoms with E-state index in [1.54, 1.807) is 19.3 Å². The Hall–Kier alpha value is -2.35. The number of benzene rings is 1. The van der Waals surface area contributed by atoms with Crippen LogP contribution in [0.15, 0.2) is 24.4 Å². The van der Waals surface area contributed by atoms with Gasteiger partial charge < -0.3 is 5.32 Å². The van der Waals surface area contributed by atoms with Crippen LogP contribution in [0.25, 0.3) is 11.0 Å². The number of aromatic nitrogens is 5. The van der Waals surface area contributed by atoms with E-state index in [-0.39, 0.29) is 11.6 Å². The van der Waals surface area contributed by atoms with Crippen LogP contribution in [0.4, 0.5) is 5.69 Å². The second-order valence-electron chi connectivity index (χ2n) is 3.67. The molecule has 3 rings (SSSR count). The highest BCUT2D eigenvalue weighted by atomic mass is 32.1. The average molecular weight is 260 g/mol. The maximum atomic E-state index is 11.9. The highest BCUT2D eigenvalue weighted by Gasteiger charge is 2.12. The van der Waals surface area contributed by atoms with Gasteiger partial charge in [-0.05, 0) is 12.1 Å². The molecule has 8 heteroatoms. The first kappa shape index (κ1) is 10.8. The topological polar surface area (TPSA) is 85.6 Å². The van der Waals surface area contributed by atoms with Crippen molar-refractivity contribution in [3.05, 3.63) is 30.1 Å². The molecular formula is C10H8N6OS. The minimum Gasteiger partial charge on any atom is -0.319 e. The largest absolute Gasteiger partial charge is 0.319 e. The van der Waals surface area contributed by atoms with Crippen LogP contribution < -0.4 is 5.32 Å². The fraction of sp³-hybridized carbons (Fsp3) is 0.100. The Morgan fingerprint density at radius 3 is 3.06 bits per heavy atom. The van der Waals surface area contributed by atoms with Gasteiger partial charge >= 0.3 is 0 Å². The lowest BCUT2D eigenvalue weighted by molar-refractivity contribution is 0.102. The third kappa shape index (κ3) is 1.82. The number of fused-ring (bicyclic) bond motifs is 1. The van der Waals surface area contributed by atoms with Crippen LogP contribution in [0.5, 0.6) is 0 Å². The summed E-state index contributed by atoms with van der Waals surface area (Å²) < 4.78 is 9.73. The van der Waals surface area contributed by atoms with Gasteiger partial charge in [-0.15, -0.1) is 5.10 Å². The first-order chi connectivity index (χ1) is 8.74. The summed E-state index contributed by atoms with van der Waals surface area (Å²) in [5.74, 6) is -0.316. The maximum Gasteiger partial charge on any atom is 0.277 e. The van der Waals surface area contributed by atoms with E-state index in [9.17, 15) is 4.79 Å². The quantitative estimate of drug-likeness (QED) is 0.745. The second kappa shape index (κ2) is 4.15. The molecule has 0 aliphatic heterocycles. The number of nitrogens with zero attached hydrogens (tertiary/aromatic N) is 5. The summed E-state index contributed by atoms with van der Waals surface area (Å²) >= 11 is 1.11. The van der Waals surface area contributed by atoms with Crippen LogP contribution >= 0.6 is 11.7 Å². The molecule has 3 aromatic rings. The Balaban J connectivity index is 1.92. The van der Waals surface area contributed by atoms with Gasteiger partial charge in [-0.3, -0.25) is 9.48 Å². The molecule has 0 radical (unpaired) electrons. The molecule has 7 nitrogen and oxygen atoms in total. The first-order valence-electron chi connectivity index (χ1n) is 5.13. The Labute approximate surface area is 106 Å². The molecule has 90 valence electrons. The number of aryl methyl sites for hydroxylation is 1. The number of rotatable bonds is 2. The molecule has 2 heterocycles. The lowest BCUT2D eigenvalue weighted by Gasteiger charge is -2.02. The monoisotopic (exact) mass is 260 g/mol. The van der Waals surface area contributed by atoms with E-state index in [1.165, 1.54) is 4.68 Å². The van der Waals surface area contributed by atoms with Gasteiger partial charge in [0.05, 0.1) is 23.6 Å². The van der Waals surface area contributed by atoms with Crippen molar-refractivity contribution >= 4 is 34.4 Å². The van der Waals surface area contributed by atoms with E-state index in [2.05, 4.69) is 24.4 Å². The van der Waals surface area contributed by atoms with Gasteiger partial charge in [-0.25, -0.2) is 0 Å². The number of amides is 1. The Morgan fingerprint density at radius 2 is 2.28 bits per heavy atom. The molecule has 0 atom stereocenters. The zero-order valence-electron chi connectivity index (χ0n) is 9.36. The first-order valence-corrected chi connectivity index (χ1v) is 5.86. The van der Waals surface area contributed by atoms with Crippen LogP contribution in [0.1, 0.15) is 10.5 Å². The Bertz CT molecular complexity index is 718. The molecule has 0 aliphatic carbocycles. The summed E-state index contributed by atoms with van der Waals surface area (Å²) in [5.41, 5.74) is 2.33. The maximum absolute atomic E-state index is 11.9. The molecule has 1 N–H and O–H groups in total. The summed E-state index contributed by atoms with van der Waals surface area (Å²) in [4.78, 5) is 11.9. The van der Waals surface area contributed by atoms with Crippen molar-refractivity contribution in [2.24, 2.45) is 7.05 Å². The van der Waals surface area contributed by atoms with Crippen molar-refractivity contribution in [1.29, 1.82) is 0 Å². The number of nitrogens with one attached hydrogen (secondary N) is 1. The van der Waals surface area contributed by atoms with Crippen molar-refractivity contribution in [3.8, 4) is 0 Å². The van der Waals surface area contributed by atoms with Gasteiger partial charge in [0.1, 0.15) is 11.0 Å². The molecule has 0 fully saturated rings. The fourth-order valence-electron chi connectivity index (χ4n) is 1.54. The van der Waals surface area contributed by atoms with Gasteiger partial charge in [0, 0.05) is 7.05 Å². The lowest BCUT2D eigenvalue weighted by atomic mass is 10.2. The average Bonchev–Trinajstić information content (AvgIpc) is 2.97. The van der Waals surface area contributed by atoms with Gasteiger partial charge in [-0.1, -0.05) is 11.3 Å². The van der Waals surface area contributed by atoms with Crippen molar-refractivity contribution in [2.75, 3.05) is 5.32 Å². The molecule has 0 aliphatic rings. The molecule has 1 amide bonds. The van der Waals surface area contributed by atoms with Crippen LogP contribution in [0.2, 0.25) is 0 Å². The number of hydrogen-bond acceptors (Lipinski definition) is 6. The van der Waals surface area contributed by atoms with Crippen LogP contribution in [0.3, 0.4) is 0 Å². The minimum atomic E-state index is -0.316. The summed E-state index contributed by atoms with van der Waals surface area (Å²) in [6.45, 7) is 0. The zero-order chi connectivity index (χ0) is 12.5. The smallest absolute Gasteiger partial charge is 0.277 e. The molecule has 1 aromatic carbocycles. The zero-order valence-corrected chi connectivity index (χ0v) is 10.2. The summed E-state index contributed by atoms with van der Waals surface area (Å²) in [7, 11) is 1.70. The van der Waals surface area contributed by atoms with Crippen molar-refractivity contribution in [2.45, 2.75) is 0 Å². The molecule has 0 saturated heterocycles. The SMILES string of the molecule is Cn1cc(C(=O)Nc2cccc3nsnc23)nn1. The van der Waals surface area contributed by atoms with E-state index in [1.807, 2.05) is 12.1 Å². The molecule has 0 spiro atoms. The number of anilines is 1. The minimum absolute atomic E-state index is 0.262. The molecule has 18 heavy (non-hydrogen) atoms. The highest BCUT2D eigenvalue weighted by Crippen LogP contribution is 2.21. The van der Waals surface area contributed by atoms with Crippen LogP contribution in [0, 0.1) is 0 Å². The number of carbonyl (C=O) groups is 1. The number of carbonyl (C=O) groups excluding carboxylic acids is 1. The molecular weight excluding hydrogens is 252 g/mol. The normalized spacial score (nSPS) is 10.7. The summed E-state index contributed by atoms with van der Waals surface area (Å²) in [6.07, 6.45) is 1.55. The summed E-state index contributed by atoms with van der Waals surface area (Å²) in [5, 5.41) is 10.2. The Kier molecular flexibility index (Phi) is 2.49. The van der Waals surface area contributed by atoms with Crippen molar-refractivity contribution in [3.63, 3.8) is 0 Å². The molecule has 0 saturated carbocycles. The predicted octanol–water partition coefficient (Wildman–Crippen LogP) is 1.07. The summed E-state index contributed by atoms with van der Waals surface area (Å²) in [6, 6.07) is 5.44. The highest BCUT2D eigenvalue weighted by molar-refractivity contribution is 7.00. The Morgan fingerprint density at radius 1 is 1.39 bits per heavy atom. The fourth-order valence-corrected chi connectivity index (χ4v) is 2.09. The molecule has 0 bridgehead atoms. The van der Waals surface area contributed by atoms with Crippen LogP contribution in [-0.4, -0.2) is 29.6 Å². The molecule has 0 unspecified atom stereocenters. The molecule has 2 aromatic heterocycles. The van der Waals surface area contributed by atoms with E-state index < -0.39 is 0 Å². The van der Waals surface area contributed by atoms with Crippen LogP contribution in [-0.2, 0) is 7.05 Å². The van der Waals surface area contributed by atoms with E-state index >= 15 is 0 Å².